The topological polar surface area (TPSA) is 32.6 Å². The molecule has 0 bridgehead atoms. The zero-order valence-electron chi connectivity index (χ0n) is 12.8. The van der Waals surface area contributed by atoms with Gasteiger partial charge in [0, 0.05) is 37.6 Å². The highest BCUT2D eigenvalue weighted by atomic mass is 15.2. The highest BCUT2D eigenvalue weighted by molar-refractivity contribution is 5.47. The molecular formula is C17H24N4. The third-order valence-electron chi connectivity index (χ3n) is 4.77. The van der Waals surface area contributed by atoms with E-state index in [9.17, 15) is 0 Å². The number of imidazole rings is 1. The maximum Gasteiger partial charge on any atom is 0.139 e. The van der Waals surface area contributed by atoms with E-state index in [0.29, 0.717) is 6.04 Å². The van der Waals surface area contributed by atoms with Crippen molar-refractivity contribution in [1.29, 1.82) is 0 Å². The summed E-state index contributed by atoms with van der Waals surface area (Å²) < 4.78 is 2.16. The van der Waals surface area contributed by atoms with Gasteiger partial charge >= 0.3 is 0 Å². The number of hydrogen-bond acceptors (Lipinski definition) is 3. The summed E-state index contributed by atoms with van der Waals surface area (Å²) in [6.07, 6.45) is 9.67. The van der Waals surface area contributed by atoms with E-state index in [1.54, 1.807) is 0 Å². The fraction of sp³-hybridized carbons (Fsp3) is 0.588. The lowest BCUT2D eigenvalue weighted by molar-refractivity contribution is 0.229. The minimum Gasteiger partial charge on any atom is -0.313 e. The van der Waals surface area contributed by atoms with Crippen molar-refractivity contribution in [1.82, 2.24) is 19.6 Å². The highest BCUT2D eigenvalue weighted by Crippen LogP contribution is 2.29. The monoisotopic (exact) mass is 284 g/mol. The van der Waals surface area contributed by atoms with E-state index in [1.807, 2.05) is 0 Å². The first kappa shape index (κ1) is 13.3. The molecule has 0 aromatic carbocycles. The van der Waals surface area contributed by atoms with E-state index in [2.05, 4.69) is 46.1 Å². The Morgan fingerprint density at radius 1 is 1.38 bits per heavy atom. The molecule has 0 spiro atoms. The molecule has 1 saturated heterocycles. The summed E-state index contributed by atoms with van der Waals surface area (Å²) in [5.41, 5.74) is 3.55. The van der Waals surface area contributed by atoms with E-state index in [4.69, 9.17) is 4.98 Å². The van der Waals surface area contributed by atoms with Gasteiger partial charge in [0.1, 0.15) is 5.65 Å². The zero-order chi connectivity index (χ0) is 14.2. The molecule has 1 N–H and O–H groups in total. The van der Waals surface area contributed by atoms with Crippen LogP contribution in [0.4, 0.5) is 0 Å². The molecule has 2 aromatic heterocycles. The number of aromatic nitrogens is 2. The van der Waals surface area contributed by atoms with Crippen molar-refractivity contribution in [3.05, 3.63) is 35.8 Å². The van der Waals surface area contributed by atoms with Crippen LogP contribution in [0.5, 0.6) is 0 Å². The van der Waals surface area contributed by atoms with Crippen LogP contribution in [0.25, 0.3) is 5.65 Å². The van der Waals surface area contributed by atoms with Gasteiger partial charge in [-0.3, -0.25) is 4.90 Å². The van der Waals surface area contributed by atoms with Crippen molar-refractivity contribution < 1.29 is 0 Å². The molecular weight excluding hydrogens is 260 g/mol. The standard InChI is InChI=1S/C17H24N4/c1-13-4-3-9-20-11-15(19-17(13)20)12-21(16-6-7-16)10-14-5-2-8-18-14/h3-4,9,11,14,16,18H,2,5-8,10,12H2,1H3. The van der Waals surface area contributed by atoms with Crippen LogP contribution in [-0.4, -0.2) is 39.5 Å². The maximum atomic E-state index is 4.84. The normalized spacial score (nSPS) is 22.5. The Labute approximate surface area is 126 Å². The Morgan fingerprint density at radius 2 is 2.29 bits per heavy atom. The maximum absolute atomic E-state index is 4.84. The highest BCUT2D eigenvalue weighted by Gasteiger charge is 2.31. The molecule has 0 radical (unpaired) electrons. The van der Waals surface area contributed by atoms with Gasteiger partial charge in [-0.1, -0.05) is 6.07 Å². The quantitative estimate of drug-likeness (QED) is 0.915. The molecule has 4 rings (SSSR count). The van der Waals surface area contributed by atoms with Crippen LogP contribution in [0.3, 0.4) is 0 Å². The summed E-state index contributed by atoms with van der Waals surface area (Å²) in [6, 6.07) is 5.70. The molecule has 4 heteroatoms. The molecule has 2 aliphatic rings. The lowest BCUT2D eigenvalue weighted by Crippen LogP contribution is -2.38. The van der Waals surface area contributed by atoms with Crippen molar-refractivity contribution in [2.24, 2.45) is 0 Å². The molecule has 21 heavy (non-hydrogen) atoms. The Hall–Kier alpha value is -1.39. The second kappa shape index (κ2) is 5.43. The molecule has 1 unspecified atom stereocenters. The Balaban J connectivity index is 1.51. The molecule has 2 fully saturated rings. The summed E-state index contributed by atoms with van der Waals surface area (Å²) in [5, 5.41) is 3.62. The molecule has 1 atom stereocenters. The SMILES string of the molecule is Cc1cccn2cc(CN(CC3CCCN3)C3CC3)nc12. The Bertz CT molecular complexity index is 623. The fourth-order valence-electron chi connectivity index (χ4n) is 3.47. The summed E-state index contributed by atoms with van der Waals surface area (Å²) in [7, 11) is 0. The first-order chi connectivity index (χ1) is 10.3. The molecule has 1 saturated carbocycles. The van der Waals surface area contributed by atoms with Crippen LogP contribution in [0, 0.1) is 6.92 Å². The van der Waals surface area contributed by atoms with Gasteiger partial charge in [-0.05, 0) is 50.8 Å². The Kier molecular flexibility index (Phi) is 3.43. The lowest BCUT2D eigenvalue weighted by Gasteiger charge is -2.24. The van der Waals surface area contributed by atoms with Crippen molar-refractivity contribution in [2.45, 2.75) is 51.2 Å². The number of hydrogen-bond donors (Lipinski definition) is 1. The number of rotatable bonds is 5. The van der Waals surface area contributed by atoms with Crippen molar-refractivity contribution in [3.63, 3.8) is 0 Å². The van der Waals surface area contributed by atoms with Gasteiger partial charge < -0.3 is 9.72 Å². The molecule has 1 aliphatic carbocycles. The van der Waals surface area contributed by atoms with Gasteiger partial charge in [-0.15, -0.1) is 0 Å². The van der Waals surface area contributed by atoms with E-state index >= 15 is 0 Å². The van der Waals surface area contributed by atoms with E-state index in [-0.39, 0.29) is 0 Å². The zero-order valence-corrected chi connectivity index (χ0v) is 12.8. The van der Waals surface area contributed by atoms with E-state index in [1.165, 1.54) is 50.0 Å². The summed E-state index contributed by atoms with van der Waals surface area (Å²) in [5.74, 6) is 0. The molecule has 1 aliphatic heterocycles. The number of nitrogens with one attached hydrogen (secondary N) is 1. The molecule has 0 amide bonds. The predicted molar refractivity (Wildman–Crippen MR) is 84.4 cm³/mol. The molecule has 2 aromatic rings. The number of nitrogens with zero attached hydrogens (tertiary/aromatic N) is 3. The van der Waals surface area contributed by atoms with Gasteiger partial charge in [0.05, 0.1) is 5.69 Å². The lowest BCUT2D eigenvalue weighted by atomic mass is 10.2. The Morgan fingerprint density at radius 3 is 3.00 bits per heavy atom. The third kappa shape index (κ3) is 2.83. The van der Waals surface area contributed by atoms with Crippen LogP contribution >= 0.6 is 0 Å². The smallest absolute Gasteiger partial charge is 0.139 e. The average Bonchev–Trinajstić information content (AvgIpc) is 3.03. The second-order valence-electron chi connectivity index (χ2n) is 6.61. The number of pyridine rings is 1. The first-order valence-electron chi connectivity index (χ1n) is 8.20. The number of aryl methyl sites for hydroxylation is 1. The first-order valence-corrected chi connectivity index (χ1v) is 8.20. The average molecular weight is 284 g/mol. The minimum atomic E-state index is 0.685. The molecule has 112 valence electrons. The van der Waals surface area contributed by atoms with Gasteiger partial charge in [0.2, 0.25) is 0 Å². The van der Waals surface area contributed by atoms with Crippen molar-refractivity contribution in [3.8, 4) is 0 Å². The second-order valence-corrected chi connectivity index (χ2v) is 6.61. The summed E-state index contributed by atoms with van der Waals surface area (Å²) in [4.78, 5) is 7.48. The van der Waals surface area contributed by atoms with Gasteiger partial charge in [-0.2, -0.15) is 0 Å². The van der Waals surface area contributed by atoms with Gasteiger partial charge in [0.15, 0.2) is 0 Å². The van der Waals surface area contributed by atoms with Crippen LogP contribution in [-0.2, 0) is 6.54 Å². The van der Waals surface area contributed by atoms with Crippen molar-refractivity contribution in [2.75, 3.05) is 13.1 Å². The van der Waals surface area contributed by atoms with E-state index < -0.39 is 0 Å². The van der Waals surface area contributed by atoms with E-state index in [0.717, 1.165) is 18.2 Å². The van der Waals surface area contributed by atoms with Gasteiger partial charge in [-0.25, -0.2) is 4.98 Å². The van der Waals surface area contributed by atoms with Gasteiger partial charge in [0.25, 0.3) is 0 Å². The van der Waals surface area contributed by atoms with Crippen LogP contribution in [0.1, 0.15) is 36.9 Å². The third-order valence-corrected chi connectivity index (χ3v) is 4.77. The van der Waals surface area contributed by atoms with Crippen LogP contribution in [0.15, 0.2) is 24.5 Å². The minimum absolute atomic E-state index is 0.685. The van der Waals surface area contributed by atoms with Crippen LogP contribution < -0.4 is 5.32 Å². The fourth-order valence-corrected chi connectivity index (χ4v) is 3.47. The molecule has 4 nitrogen and oxygen atoms in total. The largest absolute Gasteiger partial charge is 0.313 e. The van der Waals surface area contributed by atoms with Crippen LogP contribution in [0.2, 0.25) is 0 Å². The summed E-state index contributed by atoms with van der Waals surface area (Å²) >= 11 is 0. The number of fused-ring (bicyclic) bond motifs is 1. The summed E-state index contributed by atoms with van der Waals surface area (Å²) in [6.45, 7) is 5.49. The van der Waals surface area contributed by atoms with Crippen molar-refractivity contribution >= 4 is 5.65 Å². The molecule has 3 heterocycles. The predicted octanol–water partition coefficient (Wildman–Crippen LogP) is 2.36.